The third-order valence-electron chi connectivity index (χ3n) is 24.3. The summed E-state index contributed by atoms with van der Waals surface area (Å²) in [6.07, 6.45) is 32.1. The third kappa shape index (κ3) is 25.2. The van der Waals surface area contributed by atoms with E-state index >= 15 is 0 Å². The average Bonchev–Trinajstić information content (AvgIpc) is 1.55. The maximum atomic E-state index is 7.64. The van der Waals surface area contributed by atoms with E-state index in [2.05, 4.69) is 121 Å². The highest BCUT2D eigenvalue weighted by Crippen LogP contribution is 2.65. The maximum Gasteiger partial charge on any atom is 0.182 e. The van der Waals surface area contributed by atoms with Crippen LogP contribution < -0.4 is 37.9 Å². The van der Waals surface area contributed by atoms with Crippen LogP contribution in [0.2, 0.25) is 0 Å². The average molecular weight is 1640 g/mol. The zero-order chi connectivity index (χ0) is 79.7. The largest absolute Gasteiger partial charge is 0.488 e. The monoisotopic (exact) mass is 1630 g/mol. The number of unbranched alkanes of at least 4 members (excludes halogenated alkanes) is 9. The molecule has 112 heavy (non-hydrogen) atoms. The predicted octanol–water partition coefficient (Wildman–Crippen LogP) is 26.0. The molecule has 5 aromatic heterocycles. The minimum Gasteiger partial charge on any atom is -0.488 e. The lowest BCUT2D eigenvalue weighted by atomic mass is 9.91. The molecular weight excluding hydrogens is 1480 g/mol. The van der Waals surface area contributed by atoms with E-state index in [1.165, 1.54) is 77.0 Å². The lowest BCUT2D eigenvalue weighted by Crippen LogP contribution is -2.43. The molecular formula is C93H151NO14S4. The fraction of sp³-hybridized carbons (Fsp3) is 0.785. The van der Waals surface area contributed by atoms with E-state index in [0.29, 0.717) is 172 Å². The summed E-state index contributed by atoms with van der Waals surface area (Å²) in [6.45, 7) is 45.0. The highest BCUT2D eigenvalue weighted by molar-refractivity contribution is 7.28. The minimum atomic E-state index is -0.632. The van der Waals surface area contributed by atoms with Gasteiger partial charge in [0.2, 0.25) is 0 Å². The van der Waals surface area contributed by atoms with Gasteiger partial charge in [0.15, 0.2) is 46.0 Å². The Morgan fingerprint density at radius 2 is 0.536 bits per heavy atom. The maximum absolute atomic E-state index is 7.64. The first-order chi connectivity index (χ1) is 54.7. The Morgan fingerprint density at radius 3 is 0.839 bits per heavy atom. The molecule has 0 amide bonds. The normalized spacial score (nSPS) is 19.8. The first kappa shape index (κ1) is 92.1. The van der Waals surface area contributed by atoms with Crippen molar-refractivity contribution in [3.05, 3.63) is 21.9 Å². The highest BCUT2D eigenvalue weighted by atomic mass is 32.1. The number of fused-ring (bicyclic) bond motifs is 4. The Labute approximate surface area is 694 Å². The third-order valence-corrected chi connectivity index (χ3v) is 29.1. The number of nitrogens with zero attached hydrogens (tertiary/aromatic N) is 1. The van der Waals surface area contributed by atoms with Gasteiger partial charge in [0.05, 0.1) is 96.5 Å². The molecule has 0 aliphatic carbocycles. The molecule has 4 aliphatic rings. The molecule has 0 radical (unpaired) electrons. The molecule has 6 atom stereocenters. The topological polar surface area (TPSA) is 134 Å². The fourth-order valence-electron chi connectivity index (χ4n) is 16.1. The van der Waals surface area contributed by atoms with Crippen molar-refractivity contribution in [3.63, 3.8) is 0 Å². The number of thiophene rings is 4. The number of aryl methyl sites for hydroxylation is 2. The van der Waals surface area contributed by atoms with E-state index in [0.717, 1.165) is 202 Å². The molecule has 0 N–H and O–H groups in total. The van der Waals surface area contributed by atoms with Gasteiger partial charge in [-0.3, -0.25) is 0 Å². The molecule has 4 aliphatic heterocycles. The lowest BCUT2D eigenvalue weighted by Gasteiger charge is -2.32. The van der Waals surface area contributed by atoms with Gasteiger partial charge in [-0.1, -0.05) is 225 Å². The summed E-state index contributed by atoms with van der Waals surface area (Å²) in [5.74, 6) is 8.91. The van der Waals surface area contributed by atoms with Crippen molar-refractivity contribution in [2.45, 2.75) is 290 Å². The van der Waals surface area contributed by atoms with Crippen LogP contribution in [-0.2, 0) is 35.0 Å². The molecule has 0 spiro atoms. The van der Waals surface area contributed by atoms with Gasteiger partial charge in [0.1, 0.15) is 52.9 Å². The van der Waals surface area contributed by atoms with E-state index in [-0.39, 0.29) is 0 Å². The Hall–Kier alpha value is -3.76. The van der Waals surface area contributed by atoms with Gasteiger partial charge in [-0.2, -0.15) is 0 Å². The smallest absolute Gasteiger partial charge is 0.182 e. The van der Waals surface area contributed by atoms with Crippen molar-refractivity contribution in [2.24, 2.45) is 51.8 Å². The number of ether oxygens (including phenoxy) is 14. The second-order valence-corrected chi connectivity index (χ2v) is 38.5. The van der Waals surface area contributed by atoms with Gasteiger partial charge in [-0.15, -0.1) is 45.3 Å². The van der Waals surface area contributed by atoms with Gasteiger partial charge in [0, 0.05) is 55.9 Å². The van der Waals surface area contributed by atoms with Crippen LogP contribution in [0.15, 0.2) is 12.1 Å². The molecule has 0 aromatic carbocycles. The molecule has 5 aromatic rings. The van der Waals surface area contributed by atoms with Crippen molar-refractivity contribution in [1.82, 2.24) is 4.57 Å². The van der Waals surface area contributed by atoms with Gasteiger partial charge in [-0.05, 0) is 106 Å². The standard InChI is InChI=1S/C93H151NO14S4/c1-16-29-36-37-46-94-75(85-79-77(67(14)109-85)103-61-91(63-105-79,55-95-49-69(23-8)38-30-17-2)56-96-50-70(24-9)39-31-18-3)44-45-76(94)86-81-84(108-66-93(65-107-81,59-99-53-73(27-12)42-34-21-6)60-100-54-74(28-13)43-35-22-7)90(111-86)89-83-82(101-47-48-102-83)88(112-89)87-80-78(68(15)110-87)104-62-92(64-106-80,57-97-51-71(25-10)40-32-19-4)58-98-52-72(26-11)41-33-20-5/h44-45,69-74H,16-43,46-66H2,1-15H3. The van der Waals surface area contributed by atoms with Crippen LogP contribution in [0, 0.1) is 65.6 Å². The zero-order valence-corrected chi connectivity index (χ0v) is 75.8. The summed E-state index contributed by atoms with van der Waals surface area (Å²) in [6, 6.07) is 4.62. The quantitative estimate of drug-likeness (QED) is 0.0342. The molecule has 19 heteroatoms. The summed E-state index contributed by atoms with van der Waals surface area (Å²) in [7, 11) is 0. The summed E-state index contributed by atoms with van der Waals surface area (Å²) >= 11 is 6.85. The van der Waals surface area contributed by atoms with Crippen LogP contribution in [0.3, 0.4) is 0 Å². The fourth-order valence-corrected chi connectivity index (χ4v) is 20.9. The first-order valence-corrected chi connectivity index (χ1v) is 48.3. The van der Waals surface area contributed by atoms with Gasteiger partial charge in [0.25, 0.3) is 0 Å². The highest BCUT2D eigenvalue weighted by Gasteiger charge is 2.45. The predicted molar refractivity (Wildman–Crippen MR) is 467 cm³/mol. The zero-order valence-electron chi connectivity index (χ0n) is 72.6. The van der Waals surface area contributed by atoms with Crippen LogP contribution in [0.4, 0.5) is 0 Å². The lowest BCUT2D eigenvalue weighted by molar-refractivity contribution is -0.0716. The Balaban J connectivity index is 1.15. The second kappa shape index (κ2) is 48.3. The van der Waals surface area contributed by atoms with Crippen molar-refractivity contribution in [1.29, 1.82) is 0 Å². The van der Waals surface area contributed by atoms with Crippen molar-refractivity contribution in [3.8, 4) is 86.6 Å². The van der Waals surface area contributed by atoms with E-state index < -0.39 is 16.2 Å². The Morgan fingerprint density at radius 1 is 0.295 bits per heavy atom. The van der Waals surface area contributed by atoms with Crippen LogP contribution in [0.1, 0.15) is 280 Å². The molecule has 0 fully saturated rings. The second-order valence-electron chi connectivity index (χ2n) is 34.0. The first-order valence-electron chi connectivity index (χ1n) is 45.0. The minimum absolute atomic E-state index is 0.334. The SMILES string of the molecule is CCCCCCn1c(-c2sc(C)c3c2OCC(COCC(CC)CCCC)(COCC(CC)CCCC)CO3)ccc1-c1sc(-c2sc(-c3sc(C)c4c3OCC(COCC(CC)CCCC)(COCC(CC)CCCC)CO4)c3c2OCCO3)c2c1OCC(COCC(CC)CCCC)(COCC(CC)CCCC)CO2. The van der Waals surface area contributed by atoms with E-state index in [9.17, 15) is 0 Å². The molecule has 9 heterocycles. The molecule has 0 saturated carbocycles. The van der Waals surface area contributed by atoms with Crippen molar-refractivity contribution in [2.75, 3.05) is 132 Å². The summed E-state index contributed by atoms with van der Waals surface area (Å²) < 4.78 is 102. The Kier molecular flexibility index (Phi) is 39.8. The van der Waals surface area contributed by atoms with Crippen LogP contribution in [0.25, 0.3) is 40.7 Å². The Bertz CT molecular complexity index is 3390. The summed E-state index contributed by atoms with van der Waals surface area (Å²) in [5.41, 5.74) is 0.456. The molecule has 636 valence electrons. The van der Waals surface area contributed by atoms with Crippen LogP contribution in [-0.4, -0.2) is 137 Å². The molecule has 15 nitrogen and oxygen atoms in total. The molecule has 0 saturated heterocycles. The summed E-state index contributed by atoms with van der Waals surface area (Å²) in [4.78, 5) is 7.93. The van der Waals surface area contributed by atoms with Crippen LogP contribution in [0.5, 0.6) is 46.0 Å². The van der Waals surface area contributed by atoms with Gasteiger partial charge < -0.3 is 70.9 Å². The molecule has 6 unspecified atom stereocenters. The van der Waals surface area contributed by atoms with E-state index in [1.54, 1.807) is 45.3 Å². The van der Waals surface area contributed by atoms with Crippen molar-refractivity contribution >= 4 is 45.3 Å². The molecule has 0 bridgehead atoms. The number of rotatable bonds is 57. The molecule has 9 rings (SSSR count). The summed E-state index contributed by atoms with van der Waals surface area (Å²) in [5, 5.41) is 0. The van der Waals surface area contributed by atoms with E-state index in [1.807, 2.05) is 0 Å². The van der Waals surface area contributed by atoms with E-state index in [4.69, 9.17) is 66.3 Å². The van der Waals surface area contributed by atoms with Crippen molar-refractivity contribution < 1.29 is 66.3 Å². The number of hydrogen-bond acceptors (Lipinski definition) is 18. The van der Waals surface area contributed by atoms with Gasteiger partial charge in [-0.25, -0.2) is 0 Å². The van der Waals surface area contributed by atoms with Gasteiger partial charge >= 0.3 is 0 Å². The number of aromatic nitrogens is 1. The number of hydrogen-bond donors (Lipinski definition) is 0. The van der Waals surface area contributed by atoms with Crippen LogP contribution >= 0.6 is 45.3 Å².